The van der Waals surface area contributed by atoms with Gasteiger partial charge in [-0.2, -0.15) is 0 Å². The second-order valence-corrected chi connectivity index (χ2v) is 9.06. The summed E-state index contributed by atoms with van der Waals surface area (Å²) in [5.74, 6) is 2.05. The Kier molecular flexibility index (Phi) is 3.97. The first kappa shape index (κ1) is 17.1. The number of hydrogen-bond donors (Lipinski definition) is 0. The number of carbonyl (C=O) groups is 2. The highest BCUT2D eigenvalue weighted by molar-refractivity contribution is 6.01. The number of hydrogen-bond acceptors (Lipinski definition) is 3. The molecule has 0 aliphatic heterocycles. The van der Waals surface area contributed by atoms with E-state index < -0.39 is 0 Å². The van der Waals surface area contributed by atoms with Gasteiger partial charge in [-0.05, 0) is 68.4 Å². The van der Waals surface area contributed by atoms with E-state index >= 15 is 0 Å². The van der Waals surface area contributed by atoms with Crippen molar-refractivity contribution in [2.75, 3.05) is 0 Å². The van der Waals surface area contributed by atoms with Crippen molar-refractivity contribution in [2.24, 2.45) is 28.6 Å². The Bertz CT molecular complexity index is 660. The van der Waals surface area contributed by atoms with E-state index in [1.165, 1.54) is 24.8 Å². The summed E-state index contributed by atoms with van der Waals surface area (Å²) in [4.78, 5) is 23.7. The standard InChI is InChI=1S/C22H30O3/c1-4-20(24)25-19-8-7-17-16-6-5-14-13-15(23)9-11-21(14,2)18(16)10-12-22(17,19)3/h9,11,13,16-19H,4-8,10,12H2,1-3H3/t16?,17?,18?,19?,21-,22-/m0/s1. The molecular weight excluding hydrogens is 312 g/mol. The van der Waals surface area contributed by atoms with Crippen LogP contribution in [0.4, 0.5) is 0 Å². The highest BCUT2D eigenvalue weighted by atomic mass is 16.5. The SMILES string of the molecule is CCC(=O)OC1CCC2C3CCC4=CC(=O)C=C[C@]4(C)C3CC[C@]12C. The number of allylic oxidation sites excluding steroid dienone is 4. The number of carbonyl (C=O) groups excluding carboxylic acids is 2. The fourth-order valence-corrected chi connectivity index (χ4v) is 6.59. The maximum Gasteiger partial charge on any atom is 0.305 e. The van der Waals surface area contributed by atoms with Gasteiger partial charge in [0.15, 0.2) is 5.78 Å². The minimum absolute atomic E-state index is 0.0519. The van der Waals surface area contributed by atoms with Crippen LogP contribution in [0.1, 0.15) is 65.7 Å². The molecule has 6 atom stereocenters. The van der Waals surface area contributed by atoms with Gasteiger partial charge in [-0.25, -0.2) is 0 Å². The maximum absolute atomic E-state index is 11.9. The summed E-state index contributed by atoms with van der Waals surface area (Å²) in [6.07, 6.45) is 13.1. The van der Waals surface area contributed by atoms with Gasteiger partial charge in [0.05, 0.1) is 0 Å². The smallest absolute Gasteiger partial charge is 0.305 e. The molecule has 3 saturated carbocycles. The third-order valence-corrected chi connectivity index (χ3v) is 8.03. The second kappa shape index (κ2) is 5.82. The highest BCUT2D eigenvalue weighted by Gasteiger charge is 2.59. The van der Waals surface area contributed by atoms with Crippen molar-refractivity contribution < 1.29 is 14.3 Å². The van der Waals surface area contributed by atoms with Crippen LogP contribution in [0.2, 0.25) is 0 Å². The summed E-state index contributed by atoms with van der Waals surface area (Å²) in [5, 5.41) is 0. The van der Waals surface area contributed by atoms with Crippen molar-refractivity contribution in [3.63, 3.8) is 0 Å². The quantitative estimate of drug-likeness (QED) is 0.688. The molecule has 0 aromatic rings. The zero-order valence-electron chi connectivity index (χ0n) is 15.7. The van der Waals surface area contributed by atoms with Crippen LogP contribution in [0.5, 0.6) is 0 Å². The lowest BCUT2D eigenvalue weighted by atomic mass is 9.48. The van der Waals surface area contributed by atoms with Gasteiger partial charge in [-0.3, -0.25) is 9.59 Å². The first-order valence-electron chi connectivity index (χ1n) is 10.0. The van der Waals surface area contributed by atoms with Crippen molar-refractivity contribution in [1.82, 2.24) is 0 Å². The minimum atomic E-state index is -0.0523. The van der Waals surface area contributed by atoms with E-state index in [0.29, 0.717) is 24.2 Å². The minimum Gasteiger partial charge on any atom is -0.462 e. The van der Waals surface area contributed by atoms with Crippen molar-refractivity contribution in [3.8, 4) is 0 Å². The van der Waals surface area contributed by atoms with E-state index in [-0.39, 0.29) is 28.7 Å². The van der Waals surface area contributed by atoms with Crippen LogP contribution in [0.3, 0.4) is 0 Å². The van der Waals surface area contributed by atoms with Crippen molar-refractivity contribution >= 4 is 11.8 Å². The molecule has 0 radical (unpaired) electrons. The lowest BCUT2D eigenvalue weighted by Gasteiger charge is -2.56. The molecule has 4 aliphatic carbocycles. The van der Waals surface area contributed by atoms with Crippen molar-refractivity contribution in [1.29, 1.82) is 0 Å². The third kappa shape index (κ3) is 2.45. The fourth-order valence-electron chi connectivity index (χ4n) is 6.59. The molecule has 4 unspecified atom stereocenters. The summed E-state index contributed by atoms with van der Waals surface area (Å²) in [7, 11) is 0. The van der Waals surface area contributed by atoms with Crippen LogP contribution in [0.25, 0.3) is 0 Å². The zero-order chi connectivity index (χ0) is 17.8. The van der Waals surface area contributed by atoms with Gasteiger partial charge >= 0.3 is 5.97 Å². The van der Waals surface area contributed by atoms with Crippen molar-refractivity contribution in [3.05, 3.63) is 23.8 Å². The predicted molar refractivity (Wildman–Crippen MR) is 96.8 cm³/mol. The van der Waals surface area contributed by atoms with Crippen LogP contribution in [0.15, 0.2) is 23.8 Å². The molecule has 0 bridgehead atoms. The molecule has 25 heavy (non-hydrogen) atoms. The topological polar surface area (TPSA) is 43.4 Å². The normalized spacial score (nSPS) is 45.2. The Morgan fingerprint density at radius 3 is 2.76 bits per heavy atom. The summed E-state index contributed by atoms with van der Waals surface area (Å²) in [6, 6.07) is 0. The molecule has 3 fully saturated rings. The average molecular weight is 342 g/mol. The summed E-state index contributed by atoms with van der Waals surface area (Å²) in [6.45, 7) is 6.58. The van der Waals surface area contributed by atoms with Crippen LogP contribution in [-0.4, -0.2) is 17.9 Å². The molecule has 4 rings (SSSR count). The predicted octanol–water partition coefficient (Wildman–Crippen LogP) is 4.62. The summed E-state index contributed by atoms with van der Waals surface area (Å²) in [5.41, 5.74) is 1.53. The first-order valence-corrected chi connectivity index (χ1v) is 10.0. The van der Waals surface area contributed by atoms with E-state index in [2.05, 4.69) is 19.9 Å². The molecule has 0 aromatic carbocycles. The molecule has 0 heterocycles. The molecule has 0 amide bonds. The van der Waals surface area contributed by atoms with E-state index in [9.17, 15) is 9.59 Å². The molecule has 3 heteroatoms. The molecule has 3 nitrogen and oxygen atoms in total. The largest absolute Gasteiger partial charge is 0.462 e. The van der Waals surface area contributed by atoms with Gasteiger partial charge in [0.2, 0.25) is 0 Å². The van der Waals surface area contributed by atoms with E-state index in [4.69, 9.17) is 4.74 Å². The molecule has 136 valence electrons. The Morgan fingerprint density at radius 2 is 2.00 bits per heavy atom. The van der Waals surface area contributed by atoms with Gasteiger partial charge in [0, 0.05) is 17.3 Å². The van der Waals surface area contributed by atoms with Gasteiger partial charge in [-0.15, -0.1) is 0 Å². The highest BCUT2D eigenvalue weighted by Crippen LogP contribution is 2.64. The average Bonchev–Trinajstić information content (AvgIpc) is 2.92. The van der Waals surface area contributed by atoms with Crippen LogP contribution >= 0.6 is 0 Å². The monoisotopic (exact) mass is 342 g/mol. The van der Waals surface area contributed by atoms with Gasteiger partial charge < -0.3 is 4.74 Å². The second-order valence-electron chi connectivity index (χ2n) is 9.06. The lowest BCUT2D eigenvalue weighted by Crippen LogP contribution is -2.51. The van der Waals surface area contributed by atoms with Gasteiger partial charge in [0.25, 0.3) is 0 Å². The number of ketones is 1. The zero-order valence-corrected chi connectivity index (χ0v) is 15.7. The first-order chi connectivity index (χ1) is 11.9. The van der Waals surface area contributed by atoms with Gasteiger partial charge in [0.1, 0.15) is 6.10 Å². The Labute approximate surface area is 150 Å². The molecular formula is C22H30O3. The Hall–Kier alpha value is -1.38. The van der Waals surface area contributed by atoms with Crippen LogP contribution < -0.4 is 0 Å². The maximum atomic E-state index is 11.9. The Balaban J connectivity index is 1.60. The molecule has 4 aliphatic rings. The summed E-state index contributed by atoms with van der Waals surface area (Å²) < 4.78 is 5.85. The van der Waals surface area contributed by atoms with E-state index in [1.807, 2.05) is 13.0 Å². The number of ether oxygens (including phenoxy) is 1. The van der Waals surface area contributed by atoms with E-state index in [1.54, 1.807) is 6.08 Å². The van der Waals surface area contributed by atoms with Crippen LogP contribution in [-0.2, 0) is 14.3 Å². The van der Waals surface area contributed by atoms with Crippen LogP contribution in [0, 0.1) is 28.6 Å². The number of fused-ring (bicyclic) bond motifs is 5. The number of esters is 1. The van der Waals surface area contributed by atoms with E-state index in [0.717, 1.165) is 19.3 Å². The molecule has 0 spiro atoms. The molecule has 0 saturated heterocycles. The Morgan fingerprint density at radius 1 is 1.20 bits per heavy atom. The molecule has 0 aromatic heterocycles. The molecule has 0 N–H and O–H groups in total. The van der Waals surface area contributed by atoms with Gasteiger partial charge in [-0.1, -0.05) is 32.4 Å². The lowest BCUT2D eigenvalue weighted by molar-refractivity contribution is -0.158. The van der Waals surface area contributed by atoms with Crippen molar-refractivity contribution in [2.45, 2.75) is 71.8 Å². The fraction of sp³-hybridized carbons (Fsp3) is 0.727. The third-order valence-electron chi connectivity index (χ3n) is 8.03. The number of rotatable bonds is 2. The summed E-state index contributed by atoms with van der Waals surface area (Å²) >= 11 is 0.